The van der Waals surface area contributed by atoms with Crippen LogP contribution >= 0.6 is 0 Å². The summed E-state index contributed by atoms with van der Waals surface area (Å²) in [5.41, 5.74) is 0.996. The van der Waals surface area contributed by atoms with Crippen LogP contribution in [0.25, 0.3) is 11.3 Å². The first-order chi connectivity index (χ1) is 11.8. The Morgan fingerprint density at radius 2 is 2.17 bits per heavy atom. The molecule has 0 aliphatic carbocycles. The zero-order valence-electron chi connectivity index (χ0n) is 14.1. The van der Waals surface area contributed by atoms with Gasteiger partial charge in [0.05, 0.1) is 12.3 Å². The molecular formula is C19H24N2O3. The highest BCUT2D eigenvalue weighted by Crippen LogP contribution is 2.20. The van der Waals surface area contributed by atoms with Crippen molar-refractivity contribution in [2.24, 2.45) is 0 Å². The van der Waals surface area contributed by atoms with E-state index in [1.165, 1.54) is 0 Å². The van der Waals surface area contributed by atoms with Crippen molar-refractivity contribution in [3.63, 3.8) is 0 Å². The Morgan fingerprint density at radius 1 is 1.33 bits per heavy atom. The zero-order valence-corrected chi connectivity index (χ0v) is 14.1. The highest BCUT2D eigenvalue weighted by molar-refractivity contribution is 5.76. The van der Waals surface area contributed by atoms with Gasteiger partial charge in [-0.3, -0.25) is 4.79 Å². The van der Waals surface area contributed by atoms with Gasteiger partial charge >= 0.3 is 0 Å². The lowest BCUT2D eigenvalue weighted by Crippen LogP contribution is -2.37. The third-order valence-corrected chi connectivity index (χ3v) is 4.35. The van der Waals surface area contributed by atoms with Crippen molar-refractivity contribution in [2.45, 2.75) is 38.7 Å². The number of benzene rings is 1. The number of carbonyl (C=O) groups excluding carboxylic acids is 1. The van der Waals surface area contributed by atoms with Crippen molar-refractivity contribution < 1.29 is 13.9 Å². The smallest absolute Gasteiger partial charge is 0.223 e. The van der Waals surface area contributed by atoms with Crippen LogP contribution in [0.3, 0.4) is 0 Å². The van der Waals surface area contributed by atoms with Crippen LogP contribution in [0.1, 0.15) is 32.1 Å². The molecule has 0 saturated carbocycles. The van der Waals surface area contributed by atoms with E-state index in [9.17, 15) is 4.79 Å². The Kier molecular flexibility index (Phi) is 5.64. The minimum Gasteiger partial charge on any atom is -0.441 e. The average Bonchev–Trinajstić information content (AvgIpc) is 3.30. The first-order valence-corrected chi connectivity index (χ1v) is 8.65. The normalized spacial score (nSPS) is 17.1. The van der Waals surface area contributed by atoms with Gasteiger partial charge in [0.1, 0.15) is 0 Å². The molecule has 5 heteroatoms. The lowest BCUT2D eigenvalue weighted by atomic mass is 10.2. The fourth-order valence-corrected chi connectivity index (χ4v) is 2.98. The number of aryl methyl sites for hydroxylation is 1. The van der Waals surface area contributed by atoms with Crippen LogP contribution in [0.15, 0.2) is 40.9 Å². The van der Waals surface area contributed by atoms with E-state index in [-0.39, 0.29) is 12.0 Å². The fraction of sp³-hybridized carbons (Fsp3) is 0.474. The second-order valence-electron chi connectivity index (χ2n) is 6.05. The lowest BCUT2D eigenvalue weighted by Gasteiger charge is -2.23. The molecule has 3 rings (SSSR count). The van der Waals surface area contributed by atoms with Crippen LogP contribution in [0.2, 0.25) is 0 Å². The van der Waals surface area contributed by atoms with E-state index in [1.807, 2.05) is 42.2 Å². The summed E-state index contributed by atoms with van der Waals surface area (Å²) >= 11 is 0. The monoisotopic (exact) mass is 328 g/mol. The maximum absolute atomic E-state index is 12.4. The van der Waals surface area contributed by atoms with Crippen molar-refractivity contribution in [3.8, 4) is 11.3 Å². The molecule has 1 aliphatic heterocycles. The van der Waals surface area contributed by atoms with Gasteiger partial charge in [-0.05, 0) is 19.8 Å². The van der Waals surface area contributed by atoms with Crippen LogP contribution in [0.5, 0.6) is 0 Å². The number of amides is 1. The molecule has 5 nitrogen and oxygen atoms in total. The van der Waals surface area contributed by atoms with Gasteiger partial charge in [-0.25, -0.2) is 4.98 Å². The molecule has 0 radical (unpaired) electrons. The number of hydrogen-bond donors (Lipinski definition) is 0. The Hall–Kier alpha value is -2.14. The number of ether oxygens (including phenoxy) is 1. The SMILES string of the molecule is CCN(CC1CCCO1)C(=O)CCc1ncc(-c2ccccc2)o1. The summed E-state index contributed by atoms with van der Waals surface area (Å²) in [6, 6.07) is 9.86. The second-order valence-corrected chi connectivity index (χ2v) is 6.05. The predicted molar refractivity (Wildman–Crippen MR) is 91.5 cm³/mol. The number of aromatic nitrogens is 1. The number of oxazole rings is 1. The Bertz CT molecular complexity index is 648. The van der Waals surface area contributed by atoms with Crippen molar-refractivity contribution in [1.29, 1.82) is 0 Å². The molecule has 24 heavy (non-hydrogen) atoms. The average molecular weight is 328 g/mol. The van der Waals surface area contributed by atoms with Crippen LogP contribution < -0.4 is 0 Å². The molecule has 1 aliphatic rings. The number of carbonyl (C=O) groups is 1. The van der Waals surface area contributed by atoms with Gasteiger partial charge in [0.25, 0.3) is 0 Å². The third kappa shape index (κ3) is 4.23. The van der Waals surface area contributed by atoms with Crippen molar-refractivity contribution in [1.82, 2.24) is 9.88 Å². The first kappa shape index (κ1) is 16.7. The van der Waals surface area contributed by atoms with E-state index in [2.05, 4.69) is 4.98 Å². The van der Waals surface area contributed by atoms with Gasteiger partial charge in [-0.1, -0.05) is 30.3 Å². The minimum atomic E-state index is 0.132. The van der Waals surface area contributed by atoms with E-state index < -0.39 is 0 Å². The summed E-state index contributed by atoms with van der Waals surface area (Å²) in [6.45, 7) is 4.22. The number of nitrogens with zero attached hydrogens (tertiary/aromatic N) is 2. The first-order valence-electron chi connectivity index (χ1n) is 8.65. The lowest BCUT2D eigenvalue weighted by molar-refractivity contribution is -0.132. The maximum atomic E-state index is 12.4. The van der Waals surface area contributed by atoms with Crippen molar-refractivity contribution in [2.75, 3.05) is 19.7 Å². The standard InChI is InChI=1S/C19H24N2O3/c1-2-21(14-16-9-6-12-23-16)19(22)11-10-18-20-13-17(24-18)15-7-4-3-5-8-15/h3-5,7-8,13,16H,2,6,9-12,14H2,1H3. The van der Waals surface area contributed by atoms with Crippen LogP contribution in [-0.4, -0.2) is 41.6 Å². The van der Waals surface area contributed by atoms with E-state index in [0.717, 1.165) is 30.8 Å². The van der Waals surface area contributed by atoms with Gasteiger partial charge in [0.15, 0.2) is 11.7 Å². The third-order valence-electron chi connectivity index (χ3n) is 4.35. The van der Waals surface area contributed by atoms with Crippen molar-refractivity contribution >= 4 is 5.91 Å². The summed E-state index contributed by atoms with van der Waals surface area (Å²) in [4.78, 5) is 18.6. The number of likely N-dealkylation sites (N-methyl/N-ethyl adjacent to an activating group) is 1. The van der Waals surface area contributed by atoms with Gasteiger partial charge in [-0.2, -0.15) is 0 Å². The predicted octanol–water partition coefficient (Wildman–Crippen LogP) is 3.30. The molecule has 1 amide bonds. The molecule has 0 N–H and O–H groups in total. The molecule has 1 unspecified atom stereocenters. The fourth-order valence-electron chi connectivity index (χ4n) is 2.98. The van der Waals surface area contributed by atoms with Crippen molar-refractivity contribution in [3.05, 3.63) is 42.4 Å². The zero-order chi connectivity index (χ0) is 16.8. The highest BCUT2D eigenvalue weighted by Gasteiger charge is 2.21. The number of hydrogen-bond acceptors (Lipinski definition) is 4. The summed E-state index contributed by atoms with van der Waals surface area (Å²) in [6.07, 6.45) is 4.99. The largest absolute Gasteiger partial charge is 0.441 e. The Balaban J connectivity index is 1.53. The molecule has 2 heterocycles. The summed E-state index contributed by atoms with van der Waals surface area (Å²) < 4.78 is 11.4. The van der Waals surface area contributed by atoms with Gasteiger partial charge in [0, 0.05) is 38.1 Å². The maximum Gasteiger partial charge on any atom is 0.223 e. The van der Waals surface area contributed by atoms with Gasteiger partial charge in [0.2, 0.25) is 5.91 Å². The van der Waals surface area contributed by atoms with Gasteiger partial charge in [-0.15, -0.1) is 0 Å². The Labute approximate surface area is 142 Å². The van der Waals surface area contributed by atoms with Gasteiger partial charge < -0.3 is 14.1 Å². The molecule has 128 valence electrons. The summed E-state index contributed by atoms with van der Waals surface area (Å²) in [5, 5.41) is 0. The molecule has 2 aromatic rings. The molecule has 1 fully saturated rings. The highest BCUT2D eigenvalue weighted by atomic mass is 16.5. The van der Waals surface area contributed by atoms with Crippen LogP contribution in [0, 0.1) is 0 Å². The topological polar surface area (TPSA) is 55.6 Å². The Morgan fingerprint density at radius 3 is 2.88 bits per heavy atom. The number of rotatable bonds is 7. The van der Waals surface area contributed by atoms with Crippen LogP contribution in [0.4, 0.5) is 0 Å². The molecule has 1 saturated heterocycles. The molecular weight excluding hydrogens is 304 g/mol. The summed E-state index contributed by atoms with van der Waals surface area (Å²) in [5.74, 6) is 1.48. The molecule has 0 bridgehead atoms. The van der Waals surface area contributed by atoms with E-state index >= 15 is 0 Å². The van der Waals surface area contributed by atoms with Crippen LogP contribution in [-0.2, 0) is 16.0 Å². The van der Waals surface area contributed by atoms with E-state index in [4.69, 9.17) is 9.15 Å². The molecule has 1 aromatic carbocycles. The molecule has 0 spiro atoms. The quantitative estimate of drug-likeness (QED) is 0.782. The van der Waals surface area contributed by atoms with E-state index in [1.54, 1.807) is 6.20 Å². The minimum absolute atomic E-state index is 0.132. The van der Waals surface area contributed by atoms with E-state index in [0.29, 0.717) is 31.8 Å². The second kappa shape index (κ2) is 8.11. The molecule has 1 atom stereocenters. The summed E-state index contributed by atoms with van der Waals surface area (Å²) in [7, 11) is 0. The molecule has 1 aromatic heterocycles.